The van der Waals surface area contributed by atoms with Crippen molar-refractivity contribution >= 4 is 5.78 Å². The van der Waals surface area contributed by atoms with Crippen LogP contribution in [0, 0.1) is 5.92 Å². The monoisotopic (exact) mass is 254 g/mol. The summed E-state index contributed by atoms with van der Waals surface area (Å²) in [6, 6.07) is 0. The lowest BCUT2D eigenvalue weighted by molar-refractivity contribution is -0.140. The van der Waals surface area contributed by atoms with Crippen molar-refractivity contribution in [2.75, 3.05) is 13.2 Å². The van der Waals surface area contributed by atoms with E-state index in [4.69, 9.17) is 9.47 Å². The Balaban J connectivity index is 1.87. The van der Waals surface area contributed by atoms with E-state index in [1.54, 1.807) is 0 Å². The van der Waals surface area contributed by atoms with E-state index in [0.29, 0.717) is 25.4 Å². The van der Waals surface area contributed by atoms with Gasteiger partial charge < -0.3 is 9.47 Å². The van der Waals surface area contributed by atoms with Crippen molar-refractivity contribution in [1.29, 1.82) is 0 Å². The zero-order valence-electron chi connectivity index (χ0n) is 11.4. The van der Waals surface area contributed by atoms with Crippen LogP contribution in [-0.2, 0) is 14.3 Å². The molecule has 1 aliphatic carbocycles. The predicted molar refractivity (Wildman–Crippen MR) is 70.4 cm³/mol. The van der Waals surface area contributed by atoms with Gasteiger partial charge >= 0.3 is 0 Å². The largest absolute Gasteiger partial charge is 0.349 e. The summed E-state index contributed by atoms with van der Waals surface area (Å²) in [5, 5.41) is 0. The molecule has 0 N–H and O–H groups in total. The first-order chi connectivity index (χ1) is 8.88. The van der Waals surface area contributed by atoms with Gasteiger partial charge in [0.25, 0.3) is 0 Å². The third-order valence-corrected chi connectivity index (χ3v) is 4.08. The van der Waals surface area contributed by atoms with Crippen molar-refractivity contribution in [2.24, 2.45) is 5.92 Å². The van der Waals surface area contributed by atoms with Crippen LogP contribution in [0.1, 0.15) is 64.2 Å². The van der Waals surface area contributed by atoms with Crippen molar-refractivity contribution in [3.05, 3.63) is 0 Å². The molecule has 0 unspecified atom stereocenters. The van der Waals surface area contributed by atoms with Gasteiger partial charge in [0.2, 0.25) is 0 Å². The summed E-state index contributed by atoms with van der Waals surface area (Å²) in [4.78, 5) is 12.3. The standard InChI is InChI=1S/C15H26O3/c16-14-10-8-6-4-2-1-3-5-7-9-13(14)15-17-11-12-18-15/h13,15H,1-12H2/t13-/m1/s1. The van der Waals surface area contributed by atoms with Crippen LogP contribution in [0.2, 0.25) is 0 Å². The van der Waals surface area contributed by atoms with E-state index in [1.807, 2.05) is 0 Å². The van der Waals surface area contributed by atoms with Gasteiger partial charge in [-0.15, -0.1) is 0 Å². The molecule has 1 atom stereocenters. The minimum atomic E-state index is -0.250. The van der Waals surface area contributed by atoms with Gasteiger partial charge in [0.05, 0.1) is 19.1 Å². The second-order valence-corrected chi connectivity index (χ2v) is 5.55. The van der Waals surface area contributed by atoms with Crippen molar-refractivity contribution in [1.82, 2.24) is 0 Å². The average molecular weight is 254 g/mol. The average Bonchev–Trinajstić information content (AvgIpc) is 2.87. The molecule has 0 amide bonds. The van der Waals surface area contributed by atoms with E-state index in [-0.39, 0.29) is 12.2 Å². The lowest BCUT2D eigenvalue weighted by Gasteiger charge is -2.21. The summed E-state index contributed by atoms with van der Waals surface area (Å²) in [6.45, 7) is 1.29. The van der Waals surface area contributed by atoms with Gasteiger partial charge in [0, 0.05) is 6.42 Å². The Morgan fingerprint density at radius 3 is 2.00 bits per heavy atom. The number of carbonyl (C=O) groups excluding carboxylic acids is 1. The highest BCUT2D eigenvalue weighted by Gasteiger charge is 2.31. The van der Waals surface area contributed by atoms with Gasteiger partial charge in [-0.25, -0.2) is 0 Å². The fourth-order valence-corrected chi connectivity index (χ4v) is 2.97. The number of ether oxygens (including phenoxy) is 2. The van der Waals surface area contributed by atoms with E-state index in [2.05, 4.69) is 0 Å². The van der Waals surface area contributed by atoms with Crippen LogP contribution in [0.25, 0.3) is 0 Å². The highest BCUT2D eigenvalue weighted by atomic mass is 16.7. The number of rotatable bonds is 1. The summed E-state index contributed by atoms with van der Waals surface area (Å²) >= 11 is 0. The van der Waals surface area contributed by atoms with Gasteiger partial charge in [0.1, 0.15) is 5.78 Å². The van der Waals surface area contributed by atoms with Crippen molar-refractivity contribution < 1.29 is 14.3 Å². The molecular formula is C15H26O3. The molecule has 0 spiro atoms. The second kappa shape index (κ2) is 7.90. The maximum Gasteiger partial charge on any atom is 0.167 e. The first-order valence-electron chi connectivity index (χ1n) is 7.64. The summed E-state index contributed by atoms with van der Waals surface area (Å²) in [5.74, 6) is 0.356. The summed E-state index contributed by atoms with van der Waals surface area (Å²) in [6.07, 6.45) is 11.3. The van der Waals surface area contributed by atoms with Gasteiger partial charge in [0.15, 0.2) is 6.29 Å². The van der Waals surface area contributed by atoms with E-state index < -0.39 is 0 Å². The molecular weight excluding hydrogens is 228 g/mol. The third-order valence-electron chi connectivity index (χ3n) is 4.08. The molecule has 1 heterocycles. The van der Waals surface area contributed by atoms with E-state index in [0.717, 1.165) is 19.3 Å². The Labute approximate surface area is 110 Å². The number of hydrogen-bond donors (Lipinski definition) is 0. The lowest BCUT2D eigenvalue weighted by atomic mass is 9.91. The van der Waals surface area contributed by atoms with Crippen LogP contribution >= 0.6 is 0 Å². The molecule has 3 nitrogen and oxygen atoms in total. The molecule has 2 fully saturated rings. The minimum absolute atomic E-state index is 0.00748. The molecule has 0 radical (unpaired) electrons. The van der Waals surface area contributed by atoms with Gasteiger partial charge in [-0.3, -0.25) is 4.79 Å². The van der Waals surface area contributed by atoms with Crippen LogP contribution in [0.15, 0.2) is 0 Å². The Morgan fingerprint density at radius 2 is 1.33 bits per heavy atom. The fraction of sp³-hybridized carbons (Fsp3) is 0.933. The second-order valence-electron chi connectivity index (χ2n) is 5.55. The third kappa shape index (κ3) is 4.36. The molecule has 0 aromatic heterocycles. The highest BCUT2D eigenvalue weighted by Crippen LogP contribution is 2.25. The van der Waals surface area contributed by atoms with Crippen molar-refractivity contribution in [3.63, 3.8) is 0 Å². The maximum atomic E-state index is 12.3. The van der Waals surface area contributed by atoms with Crippen LogP contribution in [0.3, 0.4) is 0 Å². The molecule has 3 heteroatoms. The molecule has 1 saturated carbocycles. The fourth-order valence-electron chi connectivity index (χ4n) is 2.97. The van der Waals surface area contributed by atoms with Crippen LogP contribution in [-0.4, -0.2) is 25.3 Å². The molecule has 0 aromatic carbocycles. The van der Waals surface area contributed by atoms with E-state index >= 15 is 0 Å². The number of hydrogen-bond acceptors (Lipinski definition) is 3. The minimum Gasteiger partial charge on any atom is -0.349 e. The first kappa shape index (κ1) is 14.0. The molecule has 2 rings (SSSR count). The molecule has 104 valence electrons. The smallest absolute Gasteiger partial charge is 0.167 e. The summed E-state index contributed by atoms with van der Waals surface area (Å²) < 4.78 is 11.1. The van der Waals surface area contributed by atoms with Crippen molar-refractivity contribution in [2.45, 2.75) is 70.5 Å². The lowest BCUT2D eigenvalue weighted by Crippen LogP contribution is -2.29. The topological polar surface area (TPSA) is 35.5 Å². The zero-order valence-corrected chi connectivity index (χ0v) is 11.4. The SMILES string of the molecule is O=C1CCCCCCCCCC[C@H]1C1OCCO1. The number of Topliss-reactive ketones (excluding diaryl/α,β-unsaturated/α-hetero) is 1. The molecule has 0 aromatic rings. The number of carbonyl (C=O) groups is 1. The normalized spacial score (nSPS) is 29.8. The predicted octanol–water partition coefficient (Wildman–Crippen LogP) is 3.46. The molecule has 1 saturated heterocycles. The van der Waals surface area contributed by atoms with Crippen LogP contribution in [0.5, 0.6) is 0 Å². The zero-order chi connectivity index (χ0) is 12.6. The Bertz CT molecular complexity index is 246. The van der Waals surface area contributed by atoms with Crippen LogP contribution < -0.4 is 0 Å². The summed E-state index contributed by atoms with van der Waals surface area (Å²) in [5.41, 5.74) is 0. The Kier molecular flexibility index (Phi) is 6.15. The first-order valence-corrected chi connectivity index (χ1v) is 7.64. The molecule has 18 heavy (non-hydrogen) atoms. The maximum absolute atomic E-state index is 12.3. The van der Waals surface area contributed by atoms with Crippen molar-refractivity contribution in [3.8, 4) is 0 Å². The molecule has 0 bridgehead atoms. The van der Waals surface area contributed by atoms with E-state index in [1.165, 1.54) is 38.5 Å². The Morgan fingerprint density at radius 1 is 0.778 bits per heavy atom. The van der Waals surface area contributed by atoms with Crippen LogP contribution in [0.4, 0.5) is 0 Å². The number of ketones is 1. The highest BCUT2D eigenvalue weighted by molar-refractivity contribution is 5.81. The van der Waals surface area contributed by atoms with Gasteiger partial charge in [-0.2, -0.15) is 0 Å². The Hall–Kier alpha value is -0.410. The van der Waals surface area contributed by atoms with Gasteiger partial charge in [-0.1, -0.05) is 44.9 Å². The summed E-state index contributed by atoms with van der Waals surface area (Å²) in [7, 11) is 0. The van der Waals surface area contributed by atoms with E-state index in [9.17, 15) is 4.79 Å². The van der Waals surface area contributed by atoms with Gasteiger partial charge in [-0.05, 0) is 12.8 Å². The molecule has 2 aliphatic rings. The molecule has 1 aliphatic heterocycles. The quantitative estimate of drug-likeness (QED) is 0.719.